The van der Waals surface area contributed by atoms with Gasteiger partial charge >= 0.3 is 0 Å². The normalized spacial score (nSPS) is 14.3. The number of benzene rings is 2. The van der Waals surface area contributed by atoms with Crippen LogP contribution in [0.2, 0.25) is 0 Å². The van der Waals surface area contributed by atoms with Crippen LogP contribution in [-0.4, -0.2) is 12.0 Å². The highest BCUT2D eigenvalue weighted by Crippen LogP contribution is 2.30. The second kappa shape index (κ2) is 5.69. The number of halogens is 2. The van der Waals surface area contributed by atoms with E-state index in [1.807, 2.05) is 18.2 Å². The van der Waals surface area contributed by atoms with Gasteiger partial charge in [0.15, 0.2) is 0 Å². The molecule has 1 heterocycles. The molecule has 2 aromatic rings. The Bertz CT molecular complexity index is 627. The Balaban J connectivity index is 1.73. The van der Waals surface area contributed by atoms with E-state index in [1.54, 1.807) is 13.2 Å². The quantitative estimate of drug-likeness (QED) is 0.745. The summed E-state index contributed by atoms with van der Waals surface area (Å²) in [7, 11) is 1.67. The van der Waals surface area contributed by atoms with Gasteiger partial charge in [-0.2, -0.15) is 0 Å². The first-order valence-corrected chi connectivity index (χ1v) is 7.56. The van der Waals surface area contributed by atoms with Crippen LogP contribution in [0.1, 0.15) is 16.7 Å². The van der Waals surface area contributed by atoms with Crippen LogP contribution >= 0.6 is 22.6 Å². The standard InChI is InChI=1S/C16H15FINO/c1-20-13-5-2-11(3-6-13)8-19-9-12-4-7-15(17)16(18)14(12)10-19/h2-7H,8-10H2,1H3. The van der Waals surface area contributed by atoms with Gasteiger partial charge < -0.3 is 4.74 Å². The molecule has 0 spiro atoms. The fourth-order valence-corrected chi connectivity index (χ4v) is 3.27. The molecule has 0 aromatic heterocycles. The molecule has 2 aromatic carbocycles. The largest absolute Gasteiger partial charge is 0.497 e. The van der Waals surface area contributed by atoms with Gasteiger partial charge in [-0.3, -0.25) is 4.90 Å². The zero-order valence-corrected chi connectivity index (χ0v) is 13.4. The maximum Gasteiger partial charge on any atom is 0.136 e. The fraction of sp³-hybridized carbons (Fsp3) is 0.250. The molecule has 20 heavy (non-hydrogen) atoms. The molecular weight excluding hydrogens is 368 g/mol. The molecule has 0 bridgehead atoms. The van der Waals surface area contributed by atoms with E-state index in [0.717, 1.165) is 34.5 Å². The van der Waals surface area contributed by atoms with Crippen molar-refractivity contribution < 1.29 is 9.13 Å². The Morgan fingerprint density at radius 3 is 2.60 bits per heavy atom. The Hall–Kier alpha value is -1.14. The van der Waals surface area contributed by atoms with E-state index in [1.165, 1.54) is 11.1 Å². The van der Waals surface area contributed by atoms with Crippen molar-refractivity contribution in [1.29, 1.82) is 0 Å². The summed E-state index contributed by atoms with van der Waals surface area (Å²) in [5.41, 5.74) is 3.62. The molecule has 1 aliphatic heterocycles. The average molecular weight is 383 g/mol. The summed E-state index contributed by atoms with van der Waals surface area (Å²) in [5.74, 6) is 0.755. The molecule has 0 fully saturated rings. The fourth-order valence-electron chi connectivity index (χ4n) is 2.57. The molecular formula is C16H15FINO. The minimum absolute atomic E-state index is 0.115. The second-order valence-electron chi connectivity index (χ2n) is 4.99. The highest BCUT2D eigenvalue weighted by molar-refractivity contribution is 14.1. The number of hydrogen-bond donors (Lipinski definition) is 0. The average Bonchev–Trinajstić information content (AvgIpc) is 2.87. The number of nitrogens with zero attached hydrogens (tertiary/aromatic N) is 1. The van der Waals surface area contributed by atoms with Gasteiger partial charge in [-0.25, -0.2) is 4.39 Å². The summed E-state index contributed by atoms with van der Waals surface area (Å²) < 4.78 is 19.5. The SMILES string of the molecule is COc1ccc(CN2Cc3ccc(F)c(I)c3C2)cc1. The van der Waals surface area contributed by atoms with Crippen LogP contribution < -0.4 is 4.74 Å². The number of ether oxygens (including phenoxy) is 1. The number of fused-ring (bicyclic) bond motifs is 1. The van der Waals surface area contributed by atoms with E-state index in [4.69, 9.17) is 4.74 Å². The van der Waals surface area contributed by atoms with Crippen molar-refractivity contribution >= 4 is 22.6 Å². The molecule has 0 saturated carbocycles. The third kappa shape index (κ3) is 2.67. The molecule has 4 heteroatoms. The van der Waals surface area contributed by atoms with Gasteiger partial charge in [0.25, 0.3) is 0 Å². The summed E-state index contributed by atoms with van der Waals surface area (Å²) in [4.78, 5) is 2.33. The van der Waals surface area contributed by atoms with Gasteiger partial charge in [-0.1, -0.05) is 18.2 Å². The highest BCUT2D eigenvalue weighted by Gasteiger charge is 2.22. The van der Waals surface area contributed by atoms with Crippen molar-refractivity contribution in [2.75, 3.05) is 7.11 Å². The summed E-state index contributed by atoms with van der Waals surface area (Å²) in [6.07, 6.45) is 0. The zero-order chi connectivity index (χ0) is 14.1. The van der Waals surface area contributed by atoms with Gasteiger partial charge in [0.05, 0.1) is 10.7 Å². The molecule has 104 valence electrons. The molecule has 0 aliphatic carbocycles. The van der Waals surface area contributed by atoms with Crippen molar-refractivity contribution in [2.45, 2.75) is 19.6 Å². The first kappa shape index (κ1) is 13.8. The molecule has 0 unspecified atom stereocenters. The lowest BCUT2D eigenvalue weighted by Gasteiger charge is -2.15. The van der Waals surface area contributed by atoms with Gasteiger partial charge in [0.1, 0.15) is 11.6 Å². The maximum absolute atomic E-state index is 13.6. The lowest BCUT2D eigenvalue weighted by molar-refractivity contribution is 0.275. The minimum atomic E-state index is -0.115. The van der Waals surface area contributed by atoms with E-state index < -0.39 is 0 Å². The van der Waals surface area contributed by atoms with E-state index >= 15 is 0 Å². The lowest BCUT2D eigenvalue weighted by atomic mass is 10.1. The second-order valence-corrected chi connectivity index (χ2v) is 6.07. The summed E-state index contributed by atoms with van der Waals surface area (Å²) in [6, 6.07) is 11.6. The van der Waals surface area contributed by atoms with Gasteiger partial charge in [-0.05, 0) is 57.5 Å². The van der Waals surface area contributed by atoms with Crippen molar-refractivity contribution in [3.63, 3.8) is 0 Å². The number of methoxy groups -OCH3 is 1. The van der Waals surface area contributed by atoms with Crippen LogP contribution in [0.5, 0.6) is 5.75 Å². The Morgan fingerprint density at radius 2 is 1.90 bits per heavy atom. The Kier molecular flexibility index (Phi) is 3.94. The summed E-state index contributed by atoms with van der Waals surface area (Å²) in [5, 5.41) is 0. The van der Waals surface area contributed by atoms with Gasteiger partial charge in [0, 0.05) is 19.6 Å². The Morgan fingerprint density at radius 1 is 1.15 bits per heavy atom. The predicted octanol–water partition coefficient (Wildman–Crippen LogP) is 3.95. The number of rotatable bonds is 3. The van der Waals surface area contributed by atoms with Crippen LogP contribution in [-0.2, 0) is 19.6 Å². The molecule has 0 atom stereocenters. The number of hydrogen-bond acceptors (Lipinski definition) is 2. The van der Waals surface area contributed by atoms with E-state index in [0.29, 0.717) is 0 Å². The minimum Gasteiger partial charge on any atom is -0.497 e. The molecule has 0 saturated heterocycles. The van der Waals surface area contributed by atoms with Crippen LogP contribution in [0.15, 0.2) is 36.4 Å². The summed E-state index contributed by atoms with van der Waals surface area (Å²) >= 11 is 2.10. The first-order valence-electron chi connectivity index (χ1n) is 6.48. The van der Waals surface area contributed by atoms with Crippen molar-refractivity contribution in [3.05, 3.63) is 62.5 Å². The highest BCUT2D eigenvalue weighted by atomic mass is 127. The van der Waals surface area contributed by atoms with E-state index in [2.05, 4.69) is 39.6 Å². The predicted molar refractivity (Wildman–Crippen MR) is 85.1 cm³/mol. The van der Waals surface area contributed by atoms with Crippen LogP contribution in [0.3, 0.4) is 0 Å². The molecule has 3 rings (SSSR count). The third-order valence-electron chi connectivity index (χ3n) is 3.63. The maximum atomic E-state index is 13.6. The van der Waals surface area contributed by atoms with E-state index in [9.17, 15) is 4.39 Å². The van der Waals surface area contributed by atoms with Crippen molar-refractivity contribution in [2.24, 2.45) is 0 Å². The topological polar surface area (TPSA) is 12.5 Å². The van der Waals surface area contributed by atoms with Crippen molar-refractivity contribution in [3.8, 4) is 5.75 Å². The van der Waals surface area contributed by atoms with Gasteiger partial charge in [0.2, 0.25) is 0 Å². The van der Waals surface area contributed by atoms with Gasteiger partial charge in [-0.15, -0.1) is 0 Å². The lowest BCUT2D eigenvalue weighted by Crippen LogP contribution is -2.15. The summed E-state index contributed by atoms with van der Waals surface area (Å²) in [6.45, 7) is 2.57. The van der Waals surface area contributed by atoms with Crippen molar-refractivity contribution in [1.82, 2.24) is 4.90 Å². The van der Waals surface area contributed by atoms with Crippen LogP contribution in [0.25, 0.3) is 0 Å². The molecule has 0 amide bonds. The molecule has 0 radical (unpaired) electrons. The monoisotopic (exact) mass is 383 g/mol. The van der Waals surface area contributed by atoms with Crippen LogP contribution in [0, 0.1) is 9.39 Å². The molecule has 0 N–H and O–H groups in total. The Labute approximate surface area is 131 Å². The third-order valence-corrected chi connectivity index (χ3v) is 4.80. The van der Waals surface area contributed by atoms with Crippen LogP contribution in [0.4, 0.5) is 4.39 Å². The smallest absolute Gasteiger partial charge is 0.136 e. The molecule has 1 aliphatic rings. The van der Waals surface area contributed by atoms with E-state index in [-0.39, 0.29) is 5.82 Å². The first-order chi connectivity index (χ1) is 9.67. The molecule has 2 nitrogen and oxygen atoms in total. The zero-order valence-electron chi connectivity index (χ0n) is 11.2.